The molecule has 24 heteroatoms. The Balaban J connectivity index is -0.0000000284. The fourth-order valence-corrected chi connectivity index (χ4v) is 2.98. The Morgan fingerprint density at radius 2 is 0.765 bits per heavy atom. The van der Waals surface area contributed by atoms with E-state index in [-0.39, 0.29) is 75.3 Å². The number of ether oxygens (including phenoxy) is 2. The second-order valence-corrected chi connectivity index (χ2v) is 9.53. The standard InChI is InChI=1S/C7H20N4O4S2.2C3H6O2.2C2H7N3.4C2H6.2CH4.2B.I2/c1-5-10(16(12,13)8-3)7-11(6-2)17(14,15)9-4;2*1-3(4)5-2;2*1-5-2(3)4;4*1-2;;;;;1-2/h8-9H,5-7H2,1-4H3;2*1-2H3;2*1H3,(H4,3,4,5);4*1-2H3;2*1H4;;;. The summed E-state index contributed by atoms with van der Waals surface area (Å²) in [4.78, 5) is 25.9. The first-order valence-electron chi connectivity index (χ1n) is 14.4. The maximum atomic E-state index is 11.6. The molecule has 0 aromatic rings. The fraction of sp³-hybridized carbons (Fsp3) is 0.852. The van der Waals surface area contributed by atoms with Crippen molar-refractivity contribution in [2.45, 2.75) is 97.9 Å². The van der Waals surface area contributed by atoms with Gasteiger partial charge in [0, 0.05) is 109 Å². The van der Waals surface area contributed by atoms with Gasteiger partial charge >= 0.3 is 11.9 Å². The van der Waals surface area contributed by atoms with Gasteiger partial charge in [-0.1, -0.05) is 84.1 Å². The van der Waals surface area contributed by atoms with E-state index >= 15 is 0 Å². The molecule has 0 saturated heterocycles. The van der Waals surface area contributed by atoms with Crippen molar-refractivity contribution in [1.82, 2.24) is 18.1 Å². The van der Waals surface area contributed by atoms with E-state index in [4.69, 9.17) is 22.9 Å². The van der Waals surface area contributed by atoms with Crippen LogP contribution in [0.1, 0.15) is 97.9 Å². The van der Waals surface area contributed by atoms with E-state index in [9.17, 15) is 26.4 Å². The molecule has 10 N–H and O–H groups in total. The summed E-state index contributed by atoms with van der Waals surface area (Å²) >= 11 is 4.24. The van der Waals surface area contributed by atoms with Gasteiger partial charge in [-0.15, -0.1) is 0 Å². The van der Waals surface area contributed by atoms with Crippen molar-refractivity contribution < 1.29 is 35.9 Å². The van der Waals surface area contributed by atoms with E-state index in [1.165, 1.54) is 56.3 Å². The number of rotatable bonds is 8. The molecule has 0 saturated carbocycles. The van der Waals surface area contributed by atoms with E-state index in [0.717, 1.165) is 8.61 Å². The second kappa shape index (κ2) is 78.0. The van der Waals surface area contributed by atoms with Crippen molar-refractivity contribution in [2.24, 2.45) is 32.9 Å². The highest BCUT2D eigenvalue weighted by Gasteiger charge is 2.26. The molecule has 18 nitrogen and oxygen atoms in total. The number of nitrogens with zero attached hydrogens (tertiary/aromatic N) is 4. The lowest BCUT2D eigenvalue weighted by Gasteiger charge is -2.26. The van der Waals surface area contributed by atoms with Crippen molar-refractivity contribution in [3.8, 4) is 0 Å². The fourth-order valence-electron chi connectivity index (χ4n) is 1.13. The molecule has 0 aliphatic rings. The molecule has 0 aromatic carbocycles. The van der Waals surface area contributed by atoms with Gasteiger partial charge in [0.15, 0.2) is 11.9 Å². The molecular formula is C27H78B2I2N10O8S2. The molecular weight excluding hydrogens is 932 g/mol. The lowest BCUT2D eigenvalue weighted by Crippen LogP contribution is -2.49. The largest absolute Gasteiger partial charge is 0.469 e. The number of hydrogen-bond acceptors (Lipinski definition) is 10. The van der Waals surface area contributed by atoms with Crippen LogP contribution in [0.2, 0.25) is 0 Å². The Morgan fingerprint density at radius 1 is 0.627 bits per heavy atom. The molecule has 0 amide bonds. The SMILES string of the molecule is C.C.CC.CC.CC.CC.CCN(CN(CC)S(=O)(=O)NC)S(=O)(=O)NC.CN=C(N)N.CN=C(N)N.COC(C)=O.COC(C)=O.II.[B].[B]. The first-order valence-corrected chi connectivity index (χ1v) is 23.6. The predicted octanol–water partition coefficient (Wildman–Crippen LogP) is 3.04. The van der Waals surface area contributed by atoms with Crippen LogP contribution in [-0.2, 0) is 39.5 Å². The monoisotopic (exact) mass is 1010 g/mol. The maximum Gasteiger partial charge on any atom is 0.302 e. The van der Waals surface area contributed by atoms with Crippen molar-refractivity contribution in [3.63, 3.8) is 0 Å². The number of guanidine groups is 2. The van der Waals surface area contributed by atoms with Crippen LogP contribution in [0, 0.1) is 0 Å². The Labute approximate surface area is 343 Å². The maximum absolute atomic E-state index is 11.6. The number of methoxy groups -OCH3 is 2. The first kappa shape index (κ1) is 92.5. The number of hydrogen-bond donors (Lipinski definition) is 6. The molecule has 0 bridgehead atoms. The van der Waals surface area contributed by atoms with E-state index in [1.807, 2.05) is 55.4 Å². The summed E-state index contributed by atoms with van der Waals surface area (Å²) in [5.41, 5.74) is 19.3. The molecule has 0 rings (SSSR count). The van der Waals surface area contributed by atoms with Gasteiger partial charge in [-0.05, 0) is 0 Å². The molecule has 0 aliphatic heterocycles. The molecule has 0 aliphatic carbocycles. The zero-order valence-corrected chi connectivity index (χ0v) is 39.2. The zero-order chi connectivity index (χ0) is 40.8. The van der Waals surface area contributed by atoms with Crippen LogP contribution in [0.4, 0.5) is 0 Å². The first-order chi connectivity index (χ1) is 21.8. The smallest absolute Gasteiger partial charge is 0.302 e. The molecule has 0 spiro atoms. The Bertz CT molecular complexity index is 821. The molecule has 6 radical (unpaired) electrons. The van der Waals surface area contributed by atoms with Gasteiger partial charge in [0.2, 0.25) is 0 Å². The lowest BCUT2D eigenvalue weighted by atomic mass is 10.7. The third kappa shape index (κ3) is 99.4. The molecule has 0 atom stereocenters. The molecule has 316 valence electrons. The van der Waals surface area contributed by atoms with Crippen LogP contribution in [0.15, 0.2) is 9.98 Å². The van der Waals surface area contributed by atoms with Gasteiger partial charge < -0.3 is 32.4 Å². The summed E-state index contributed by atoms with van der Waals surface area (Å²) in [7, 11) is 1.06. The minimum Gasteiger partial charge on any atom is -0.469 e. The van der Waals surface area contributed by atoms with Gasteiger partial charge in [-0.2, -0.15) is 25.4 Å². The number of carbonyl (C=O) groups is 2. The number of carbonyl (C=O) groups excluding carboxylic acids is 2. The summed E-state index contributed by atoms with van der Waals surface area (Å²) in [6.45, 7) is 22.1. The molecule has 0 fully saturated rings. The molecule has 0 heterocycles. The van der Waals surface area contributed by atoms with E-state index in [1.54, 1.807) is 13.8 Å². The quantitative estimate of drug-likeness (QED) is 0.0512. The highest BCUT2D eigenvalue weighted by Crippen LogP contribution is 2.04. The van der Waals surface area contributed by atoms with Crippen LogP contribution in [0.25, 0.3) is 0 Å². The summed E-state index contributed by atoms with van der Waals surface area (Å²) in [5, 5.41) is 0. The average molecular weight is 1010 g/mol. The Morgan fingerprint density at radius 3 is 0.824 bits per heavy atom. The minimum atomic E-state index is -3.63. The van der Waals surface area contributed by atoms with E-state index in [0.29, 0.717) is 0 Å². The Hall–Kier alpha value is -1.19. The van der Waals surface area contributed by atoms with Crippen molar-refractivity contribution >= 4 is 98.3 Å². The van der Waals surface area contributed by atoms with E-state index < -0.39 is 20.4 Å². The van der Waals surface area contributed by atoms with Crippen LogP contribution in [-0.4, -0.2) is 128 Å². The number of aliphatic imine (C=N–C) groups is 2. The van der Waals surface area contributed by atoms with Crippen LogP contribution < -0.4 is 32.4 Å². The van der Waals surface area contributed by atoms with Crippen molar-refractivity contribution in [1.29, 1.82) is 0 Å². The number of esters is 2. The molecule has 0 aromatic heterocycles. The molecule has 0 unspecified atom stereocenters. The van der Waals surface area contributed by atoms with Crippen LogP contribution in [0.5, 0.6) is 0 Å². The van der Waals surface area contributed by atoms with Gasteiger partial charge in [-0.3, -0.25) is 19.6 Å². The average Bonchev–Trinajstić information content (AvgIpc) is 3.10. The lowest BCUT2D eigenvalue weighted by molar-refractivity contribution is -0.138. The van der Waals surface area contributed by atoms with Gasteiger partial charge in [0.05, 0.1) is 20.9 Å². The summed E-state index contributed by atoms with van der Waals surface area (Å²) in [6.07, 6.45) is 0. The van der Waals surface area contributed by atoms with Crippen molar-refractivity contribution in [2.75, 3.05) is 62.2 Å². The highest BCUT2D eigenvalue weighted by atomic mass is 128. The number of nitrogens with one attached hydrogen (secondary N) is 2. The summed E-state index contributed by atoms with van der Waals surface area (Å²) in [6, 6.07) is 0. The van der Waals surface area contributed by atoms with E-state index in [2.05, 4.69) is 66.1 Å². The van der Waals surface area contributed by atoms with Crippen molar-refractivity contribution in [3.05, 3.63) is 0 Å². The van der Waals surface area contributed by atoms with Gasteiger partial charge in [0.25, 0.3) is 20.4 Å². The molecule has 51 heavy (non-hydrogen) atoms. The van der Waals surface area contributed by atoms with Crippen LogP contribution in [0.3, 0.4) is 0 Å². The van der Waals surface area contributed by atoms with Gasteiger partial charge in [0.1, 0.15) is 0 Å². The summed E-state index contributed by atoms with van der Waals surface area (Å²) in [5.74, 6) is -0.231. The third-order valence-electron chi connectivity index (χ3n) is 3.31. The summed E-state index contributed by atoms with van der Waals surface area (Å²) < 4.78 is 60.9. The number of halogens is 2. The number of nitrogens with two attached hydrogens (primary N) is 4. The third-order valence-corrected chi connectivity index (χ3v) is 6.45. The highest BCUT2D eigenvalue weighted by molar-refractivity contribution is 15.0. The topological polar surface area (TPSA) is 280 Å². The van der Waals surface area contributed by atoms with Crippen LogP contribution >= 0.6 is 37.2 Å². The Kier molecular flexibility index (Phi) is 142. The van der Waals surface area contributed by atoms with Gasteiger partial charge in [-0.25, -0.2) is 9.44 Å². The minimum absolute atomic E-state index is 0. The zero-order valence-electron chi connectivity index (χ0n) is 33.2. The predicted molar refractivity (Wildman–Crippen MR) is 243 cm³/mol. The normalized spacial score (nSPS) is 7.73. The second-order valence-electron chi connectivity index (χ2n) is 5.78.